The molecule has 0 aliphatic rings. The van der Waals surface area contributed by atoms with Crippen LogP contribution in [0.2, 0.25) is 0 Å². The molecule has 0 amide bonds. The number of benzene rings is 2. The van der Waals surface area contributed by atoms with E-state index >= 15 is 0 Å². The molecule has 0 aromatic heterocycles. The van der Waals surface area contributed by atoms with E-state index in [-0.39, 0.29) is 6.04 Å². The topological polar surface area (TPSA) is 12.4 Å². The van der Waals surface area contributed by atoms with Crippen molar-refractivity contribution >= 4 is 5.71 Å². The van der Waals surface area contributed by atoms with Crippen molar-refractivity contribution in [2.75, 3.05) is 0 Å². The van der Waals surface area contributed by atoms with Crippen LogP contribution in [0.25, 0.3) is 0 Å². The Kier molecular flexibility index (Phi) is 4.91. The summed E-state index contributed by atoms with van der Waals surface area (Å²) in [6.07, 6.45) is 2.21. The fraction of sp³-hybridized carbons (Fsp3) is 0.278. The smallest absolute Gasteiger partial charge is 0.0998 e. The van der Waals surface area contributed by atoms with Crippen molar-refractivity contribution in [1.82, 2.24) is 0 Å². The molecule has 0 aliphatic heterocycles. The Bertz CT molecular complexity index is 474. The molecule has 1 nitrogen and oxygen atoms in total. The van der Waals surface area contributed by atoms with E-state index < -0.39 is 0 Å². The summed E-state index contributed by atoms with van der Waals surface area (Å²) < 4.78 is 0. The van der Waals surface area contributed by atoms with E-state index in [1.165, 1.54) is 16.8 Å². The molecular weight excluding hydrogens is 230 g/mol. The molecule has 0 unspecified atom stereocenters. The van der Waals surface area contributed by atoms with Crippen LogP contribution in [0.15, 0.2) is 65.7 Å². The second kappa shape index (κ2) is 6.89. The summed E-state index contributed by atoms with van der Waals surface area (Å²) in [5.41, 5.74) is 3.73. The third-order valence-electron chi connectivity index (χ3n) is 3.19. The highest BCUT2D eigenvalue weighted by Crippen LogP contribution is 2.26. The third-order valence-corrected chi connectivity index (χ3v) is 3.19. The zero-order chi connectivity index (χ0) is 13.5. The van der Waals surface area contributed by atoms with Gasteiger partial charge < -0.3 is 0 Å². The van der Waals surface area contributed by atoms with Crippen LogP contribution >= 0.6 is 0 Å². The summed E-state index contributed by atoms with van der Waals surface area (Å²) in [4.78, 5) is 4.92. The molecule has 2 aromatic carbocycles. The molecule has 0 spiro atoms. The fourth-order valence-corrected chi connectivity index (χ4v) is 2.26. The Morgan fingerprint density at radius 1 is 0.895 bits per heavy atom. The monoisotopic (exact) mass is 251 g/mol. The van der Waals surface area contributed by atoms with Gasteiger partial charge in [0.05, 0.1) is 6.04 Å². The molecule has 0 radical (unpaired) electrons. The van der Waals surface area contributed by atoms with Gasteiger partial charge in [0.25, 0.3) is 0 Å². The van der Waals surface area contributed by atoms with E-state index in [1.807, 2.05) is 12.1 Å². The lowest BCUT2D eigenvalue weighted by Crippen LogP contribution is -2.02. The Morgan fingerprint density at radius 2 is 1.37 bits per heavy atom. The Labute approximate surface area is 116 Å². The maximum absolute atomic E-state index is 4.92. The minimum Gasteiger partial charge on any atom is -0.282 e. The lowest BCUT2D eigenvalue weighted by atomic mass is 9.99. The van der Waals surface area contributed by atoms with Crippen molar-refractivity contribution in [3.63, 3.8) is 0 Å². The van der Waals surface area contributed by atoms with Crippen molar-refractivity contribution in [1.29, 1.82) is 0 Å². The van der Waals surface area contributed by atoms with Crippen molar-refractivity contribution in [2.45, 2.75) is 32.7 Å². The molecule has 0 atom stereocenters. The summed E-state index contributed by atoms with van der Waals surface area (Å²) >= 11 is 0. The highest BCUT2D eigenvalue weighted by molar-refractivity contribution is 5.82. The number of nitrogens with zero attached hydrogens (tertiary/aromatic N) is 1. The molecule has 0 fully saturated rings. The first-order valence-electron chi connectivity index (χ1n) is 6.94. The summed E-state index contributed by atoms with van der Waals surface area (Å²) in [6, 6.07) is 21.1. The van der Waals surface area contributed by atoms with E-state index in [2.05, 4.69) is 62.4 Å². The normalized spacial score (nSPS) is 11.8. The second-order valence-corrected chi connectivity index (χ2v) is 4.84. The molecule has 98 valence electrons. The number of hydrogen-bond donors (Lipinski definition) is 0. The number of aliphatic imine (C=N–C) groups is 1. The molecule has 0 bridgehead atoms. The van der Waals surface area contributed by atoms with Crippen LogP contribution in [0.3, 0.4) is 0 Å². The van der Waals surface area contributed by atoms with Gasteiger partial charge in [0.15, 0.2) is 0 Å². The van der Waals surface area contributed by atoms with Crippen LogP contribution < -0.4 is 0 Å². The van der Waals surface area contributed by atoms with Gasteiger partial charge in [-0.05, 0) is 24.5 Å². The fourth-order valence-electron chi connectivity index (χ4n) is 2.26. The van der Waals surface area contributed by atoms with Crippen molar-refractivity contribution < 1.29 is 0 Å². The first-order valence-corrected chi connectivity index (χ1v) is 6.94. The molecule has 2 rings (SSSR count). The van der Waals surface area contributed by atoms with E-state index in [0.717, 1.165) is 12.8 Å². The quantitative estimate of drug-likeness (QED) is 0.660. The molecule has 0 N–H and O–H groups in total. The first-order chi connectivity index (χ1) is 9.31. The van der Waals surface area contributed by atoms with Crippen LogP contribution in [-0.4, -0.2) is 5.71 Å². The second-order valence-electron chi connectivity index (χ2n) is 4.84. The minimum absolute atomic E-state index is 0.119. The summed E-state index contributed by atoms with van der Waals surface area (Å²) in [5.74, 6) is 0. The maximum atomic E-state index is 4.92. The van der Waals surface area contributed by atoms with Gasteiger partial charge in [0.2, 0.25) is 0 Å². The SMILES string of the molecule is CCCC(C)=NC(c1ccccc1)c1ccccc1. The van der Waals surface area contributed by atoms with Crippen molar-refractivity contribution in [2.24, 2.45) is 4.99 Å². The van der Waals surface area contributed by atoms with Gasteiger partial charge >= 0.3 is 0 Å². The molecule has 0 heterocycles. The zero-order valence-electron chi connectivity index (χ0n) is 11.7. The average molecular weight is 251 g/mol. The van der Waals surface area contributed by atoms with Crippen LogP contribution in [0.5, 0.6) is 0 Å². The van der Waals surface area contributed by atoms with Gasteiger partial charge in [-0.3, -0.25) is 4.99 Å². The zero-order valence-corrected chi connectivity index (χ0v) is 11.7. The van der Waals surface area contributed by atoms with Gasteiger partial charge in [0.1, 0.15) is 0 Å². The van der Waals surface area contributed by atoms with Crippen LogP contribution in [-0.2, 0) is 0 Å². The number of rotatable bonds is 5. The lowest BCUT2D eigenvalue weighted by molar-refractivity contribution is 0.854. The molecule has 0 saturated carbocycles. The summed E-state index contributed by atoms with van der Waals surface area (Å²) in [6.45, 7) is 4.32. The van der Waals surface area contributed by atoms with Crippen LogP contribution in [0.1, 0.15) is 43.9 Å². The van der Waals surface area contributed by atoms with E-state index in [0.29, 0.717) is 0 Å². The first kappa shape index (κ1) is 13.5. The van der Waals surface area contributed by atoms with Gasteiger partial charge in [-0.2, -0.15) is 0 Å². The predicted octanol–water partition coefficient (Wildman–Crippen LogP) is 5.04. The van der Waals surface area contributed by atoms with E-state index in [4.69, 9.17) is 4.99 Å². The highest BCUT2D eigenvalue weighted by atomic mass is 14.8. The van der Waals surface area contributed by atoms with Gasteiger partial charge in [0, 0.05) is 5.71 Å². The Morgan fingerprint density at radius 3 is 1.79 bits per heavy atom. The van der Waals surface area contributed by atoms with Crippen LogP contribution in [0, 0.1) is 0 Å². The van der Waals surface area contributed by atoms with E-state index in [9.17, 15) is 0 Å². The molecule has 0 saturated heterocycles. The lowest BCUT2D eigenvalue weighted by Gasteiger charge is -2.15. The Balaban J connectivity index is 2.37. The van der Waals surface area contributed by atoms with Crippen LogP contribution in [0.4, 0.5) is 0 Å². The number of hydrogen-bond acceptors (Lipinski definition) is 1. The summed E-state index contributed by atoms with van der Waals surface area (Å²) in [7, 11) is 0. The van der Waals surface area contributed by atoms with Crippen molar-refractivity contribution in [3.05, 3.63) is 71.8 Å². The van der Waals surface area contributed by atoms with Gasteiger partial charge in [-0.1, -0.05) is 74.0 Å². The van der Waals surface area contributed by atoms with Gasteiger partial charge in [-0.15, -0.1) is 0 Å². The Hall–Kier alpha value is -1.89. The molecular formula is C18H21N. The van der Waals surface area contributed by atoms with E-state index in [1.54, 1.807) is 0 Å². The van der Waals surface area contributed by atoms with Crippen molar-refractivity contribution in [3.8, 4) is 0 Å². The average Bonchev–Trinajstić information content (AvgIpc) is 2.47. The highest BCUT2D eigenvalue weighted by Gasteiger charge is 2.12. The largest absolute Gasteiger partial charge is 0.282 e. The molecule has 1 heteroatoms. The van der Waals surface area contributed by atoms with Gasteiger partial charge in [-0.25, -0.2) is 0 Å². The molecule has 19 heavy (non-hydrogen) atoms. The third kappa shape index (κ3) is 3.78. The minimum atomic E-state index is 0.119. The standard InChI is InChI=1S/C18H21N/c1-3-10-15(2)19-18(16-11-6-4-7-12-16)17-13-8-5-9-14-17/h4-9,11-14,18H,3,10H2,1-2H3. The molecule has 2 aromatic rings. The molecule has 0 aliphatic carbocycles. The summed E-state index contributed by atoms with van der Waals surface area (Å²) in [5, 5.41) is 0. The maximum Gasteiger partial charge on any atom is 0.0998 e. The predicted molar refractivity (Wildman–Crippen MR) is 82.7 cm³/mol.